The second-order valence-corrected chi connectivity index (χ2v) is 9.27. The molecule has 2 heterocycles. The average Bonchev–Trinajstić information content (AvgIpc) is 2.79. The van der Waals surface area contributed by atoms with Crippen LogP contribution in [0.25, 0.3) is 17.0 Å². The summed E-state index contributed by atoms with van der Waals surface area (Å²) in [7, 11) is 0. The zero-order chi connectivity index (χ0) is 22.3. The van der Waals surface area contributed by atoms with E-state index in [2.05, 4.69) is 72.6 Å². The van der Waals surface area contributed by atoms with E-state index in [1.54, 1.807) is 6.07 Å². The first kappa shape index (κ1) is 22.3. The van der Waals surface area contributed by atoms with Crippen LogP contribution in [-0.2, 0) is 6.42 Å². The Morgan fingerprint density at radius 1 is 1.09 bits per heavy atom. The van der Waals surface area contributed by atoms with Crippen molar-refractivity contribution in [2.24, 2.45) is 5.92 Å². The average molecular weight is 431 g/mol. The monoisotopic (exact) mass is 430 g/mol. The number of likely N-dealkylation sites (tertiary alicyclic amines) is 1. The van der Waals surface area contributed by atoms with Crippen molar-refractivity contribution in [1.82, 2.24) is 4.90 Å². The lowest BCUT2D eigenvalue weighted by molar-refractivity contribution is 0.240. The predicted octanol–water partition coefficient (Wildman–Crippen LogP) is 5.97. The van der Waals surface area contributed by atoms with Crippen LogP contribution in [0.2, 0.25) is 0 Å². The van der Waals surface area contributed by atoms with E-state index in [4.69, 9.17) is 4.42 Å². The molecule has 1 N–H and O–H groups in total. The fraction of sp³-hybridized carbons (Fsp3) is 0.393. The molecule has 1 saturated heterocycles. The van der Waals surface area contributed by atoms with Crippen LogP contribution in [0.5, 0.6) is 0 Å². The summed E-state index contributed by atoms with van der Waals surface area (Å²) in [6, 6.07) is 18.6. The van der Waals surface area contributed by atoms with Gasteiger partial charge < -0.3 is 9.73 Å². The summed E-state index contributed by atoms with van der Waals surface area (Å²) in [5.41, 5.74) is 3.81. The minimum atomic E-state index is -0.293. The number of nitrogens with one attached hydrogen (secondary N) is 1. The minimum absolute atomic E-state index is 0.293. The molecular formula is C28H34N2O2. The summed E-state index contributed by atoms with van der Waals surface area (Å²) in [5, 5.41) is 4.67. The van der Waals surface area contributed by atoms with Crippen molar-refractivity contribution in [1.29, 1.82) is 0 Å². The molecule has 2 aromatic carbocycles. The smallest absolute Gasteiger partial charge is 0.338 e. The molecule has 1 aliphatic heterocycles. The van der Waals surface area contributed by atoms with Crippen molar-refractivity contribution in [2.45, 2.75) is 45.6 Å². The van der Waals surface area contributed by atoms with E-state index in [9.17, 15) is 4.79 Å². The van der Waals surface area contributed by atoms with E-state index in [0.29, 0.717) is 17.5 Å². The molecular weight excluding hydrogens is 396 g/mol. The summed E-state index contributed by atoms with van der Waals surface area (Å²) >= 11 is 0. The zero-order valence-electron chi connectivity index (χ0n) is 19.2. The molecule has 4 nitrogen and oxygen atoms in total. The van der Waals surface area contributed by atoms with Crippen LogP contribution in [0.4, 0.5) is 5.69 Å². The van der Waals surface area contributed by atoms with Gasteiger partial charge in [0.15, 0.2) is 0 Å². The van der Waals surface area contributed by atoms with Gasteiger partial charge in [0.2, 0.25) is 0 Å². The Bertz CT molecular complexity index is 1090. The van der Waals surface area contributed by atoms with Crippen molar-refractivity contribution >= 4 is 22.7 Å². The minimum Gasteiger partial charge on any atom is -0.423 e. The Hall–Kier alpha value is -2.85. The molecule has 0 bridgehead atoms. The summed E-state index contributed by atoms with van der Waals surface area (Å²) in [4.78, 5) is 14.6. The maximum absolute atomic E-state index is 12.1. The Labute approximate surface area is 190 Å². The Morgan fingerprint density at radius 2 is 1.88 bits per heavy atom. The fourth-order valence-corrected chi connectivity index (χ4v) is 4.32. The van der Waals surface area contributed by atoms with E-state index in [1.165, 1.54) is 11.1 Å². The topological polar surface area (TPSA) is 45.5 Å². The van der Waals surface area contributed by atoms with Gasteiger partial charge in [0, 0.05) is 37.1 Å². The summed E-state index contributed by atoms with van der Waals surface area (Å²) in [5.74, 6) is 0.671. The summed E-state index contributed by atoms with van der Waals surface area (Å²) in [6.45, 7) is 7.57. The molecule has 4 rings (SSSR count). The van der Waals surface area contributed by atoms with Gasteiger partial charge in [-0.15, -0.1) is 0 Å². The summed E-state index contributed by atoms with van der Waals surface area (Å²) in [6.07, 6.45) is 8.76. The van der Waals surface area contributed by atoms with E-state index in [1.807, 2.05) is 12.1 Å². The van der Waals surface area contributed by atoms with Gasteiger partial charge in [0.1, 0.15) is 5.58 Å². The zero-order valence-corrected chi connectivity index (χ0v) is 19.2. The van der Waals surface area contributed by atoms with Crippen LogP contribution in [0.3, 0.4) is 0 Å². The number of hydrogen-bond donors (Lipinski definition) is 1. The number of nitrogens with zero attached hydrogens (tertiary/aromatic N) is 1. The van der Waals surface area contributed by atoms with Crippen molar-refractivity contribution in [3.63, 3.8) is 0 Å². The molecule has 0 radical (unpaired) electrons. The number of anilines is 1. The number of aryl methyl sites for hydroxylation is 1. The maximum Gasteiger partial charge on any atom is 0.338 e. The van der Waals surface area contributed by atoms with E-state index >= 15 is 0 Å². The largest absolute Gasteiger partial charge is 0.423 e. The number of rotatable bonds is 8. The third-order valence-corrected chi connectivity index (χ3v) is 6.24. The van der Waals surface area contributed by atoms with Crippen molar-refractivity contribution in [2.75, 3.05) is 25.0 Å². The predicted molar refractivity (Wildman–Crippen MR) is 134 cm³/mol. The van der Waals surface area contributed by atoms with Gasteiger partial charge in [0.25, 0.3) is 0 Å². The third kappa shape index (κ3) is 6.10. The van der Waals surface area contributed by atoms with Crippen LogP contribution in [0, 0.1) is 5.92 Å². The van der Waals surface area contributed by atoms with Crippen LogP contribution < -0.4 is 10.9 Å². The molecule has 0 amide bonds. The highest BCUT2D eigenvalue weighted by Crippen LogP contribution is 2.26. The SMILES string of the molecule is CC(C)CCc1ccc2oc(=O)cc(NC3CCN(C/C=C/c4ccccc4)CC3)c2c1. The molecule has 0 aliphatic carbocycles. The number of hydrogen-bond acceptors (Lipinski definition) is 4. The van der Waals surface area contributed by atoms with E-state index in [0.717, 1.165) is 56.4 Å². The first-order chi connectivity index (χ1) is 15.6. The lowest BCUT2D eigenvalue weighted by Gasteiger charge is -2.32. The first-order valence-electron chi connectivity index (χ1n) is 11.8. The second kappa shape index (κ2) is 10.6. The molecule has 32 heavy (non-hydrogen) atoms. The van der Waals surface area contributed by atoms with Gasteiger partial charge in [-0.25, -0.2) is 4.79 Å². The third-order valence-electron chi connectivity index (χ3n) is 6.24. The number of fused-ring (bicyclic) bond motifs is 1. The maximum atomic E-state index is 12.1. The van der Waals surface area contributed by atoms with Crippen LogP contribution in [0.15, 0.2) is 69.9 Å². The number of benzene rings is 2. The quantitative estimate of drug-likeness (QED) is 0.447. The van der Waals surface area contributed by atoms with Crippen LogP contribution in [0.1, 0.15) is 44.2 Å². The lowest BCUT2D eigenvalue weighted by Crippen LogP contribution is -2.39. The van der Waals surface area contributed by atoms with Gasteiger partial charge in [-0.1, -0.05) is 62.4 Å². The van der Waals surface area contributed by atoms with Crippen molar-refractivity contribution in [3.05, 3.63) is 82.2 Å². The van der Waals surface area contributed by atoms with Gasteiger partial charge >= 0.3 is 5.63 Å². The van der Waals surface area contributed by atoms with Gasteiger partial charge in [-0.2, -0.15) is 0 Å². The van der Waals surface area contributed by atoms with Gasteiger partial charge in [-0.05, 0) is 54.9 Å². The molecule has 1 fully saturated rings. The molecule has 0 saturated carbocycles. The molecule has 1 aliphatic rings. The lowest BCUT2D eigenvalue weighted by atomic mass is 10.0. The van der Waals surface area contributed by atoms with E-state index in [-0.39, 0.29) is 5.63 Å². The highest BCUT2D eigenvalue weighted by atomic mass is 16.4. The molecule has 3 aromatic rings. The Kier molecular flexibility index (Phi) is 7.43. The fourth-order valence-electron chi connectivity index (χ4n) is 4.32. The van der Waals surface area contributed by atoms with E-state index < -0.39 is 0 Å². The molecule has 168 valence electrons. The molecule has 1 aromatic heterocycles. The first-order valence-corrected chi connectivity index (χ1v) is 11.8. The molecule has 0 spiro atoms. The van der Waals surface area contributed by atoms with Gasteiger partial charge in [0.05, 0.1) is 5.69 Å². The Balaban J connectivity index is 1.37. The molecule has 0 unspecified atom stereocenters. The van der Waals surface area contributed by atoms with Crippen LogP contribution in [-0.4, -0.2) is 30.6 Å². The summed E-state index contributed by atoms with van der Waals surface area (Å²) < 4.78 is 5.46. The van der Waals surface area contributed by atoms with Crippen molar-refractivity contribution in [3.8, 4) is 0 Å². The highest BCUT2D eigenvalue weighted by Gasteiger charge is 2.19. The number of piperidine rings is 1. The normalized spacial score (nSPS) is 15.7. The van der Waals surface area contributed by atoms with Gasteiger partial charge in [-0.3, -0.25) is 4.90 Å². The highest BCUT2D eigenvalue weighted by molar-refractivity contribution is 5.90. The van der Waals surface area contributed by atoms with Crippen molar-refractivity contribution < 1.29 is 4.42 Å². The second-order valence-electron chi connectivity index (χ2n) is 9.27. The van der Waals surface area contributed by atoms with Crippen LogP contribution >= 0.6 is 0 Å². The Morgan fingerprint density at radius 3 is 2.62 bits per heavy atom. The molecule has 4 heteroatoms. The standard InChI is InChI=1S/C28H34N2O2/c1-21(2)10-11-23-12-13-27-25(19-23)26(20-28(31)32-27)29-24-14-17-30(18-15-24)16-6-9-22-7-4-3-5-8-22/h3-9,12-13,19-21,24,29H,10-11,14-18H2,1-2H3/b9-6+. The molecule has 0 atom stereocenters.